The number of hydrogen-bond donors (Lipinski definition) is 1. The SMILES string of the molecule is ClCCl.O=C(CCCBr)OCc1ccccc1.O=C(Cl)CCCBr.OCc1ccccc1. The van der Waals surface area contributed by atoms with Gasteiger partial charge >= 0.3 is 5.97 Å². The molecule has 0 unspecified atom stereocenters. The molecule has 4 nitrogen and oxygen atoms in total. The first-order valence-electron chi connectivity index (χ1n) is 9.71. The van der Waals surface area contributed by atoms with Gasteiger partial charge in [0.2, 0.25) is 5.24 Å². The largest absolute Gasteiger partial charge is 0.461 e. The van der Waals surface area contributed by atoms with E-state index in [1.165, 1.54) is 0 Å². The molecule has 0 fully saturated rings. The van der Waals surface area contributed by atoms with Crippen molar-refractivity contribution in [1.29, 1.82) is 0 Å². The second-order valence-corrected chi connectivity index (χ2v) is 8.65. The Balaban J connectivity index is 0. The predicted molar refractivity (Wildman–Crippen MR) is 142 cm³/mol. The van der Waals surface area contributed by atoms with E-state index in [9.17, 15) is 9.59 Å². The molecule has 2 aromatic carbocycles. The maximum absolute atomic E-state index is 11.1. The van der Waals surface area contributed by atoms with E-state index in [2.05, 4.69) is 31.9 Å². The number of rotatable bonds is 9. The zero-order valence-corrected chi connectivity index (χ0v) is 23.1. The average molecular weight is 636 g/mol. The van der Waals surface area contributed by atoms with Gasteiger partial charge in [0, 0.05) is 23.5 Å². The monoisotopic (exact) mass is 632 g/mol. The van der Waals surface area contributed by atoms with E-state index in [1.807, 2.05) is 60.7 Å². The van der Waals surface area contributed by atoms with Crippen LogP contribution in [0.4, 0.5) is 0 Å². The van der Waals surface area contributed by atoms with Crippen molar-refractivity contribution in [3.8, 4) is 0 Å². The first-order chi connectivity index (χ1) is 15.4. The normalized spacial score (nSPS) is 9.06. The van der Waals surface area contributed by atoms with E-state index >= 15 is 0 Å². The second-order valence-electron chi connectivity index (χ2n) is 5.83. The second kappa shape index (κ2) is 26.6. The summed E-state index contributed by atoms with van der Waals surface area (Å²) in [6.07, 6.45) is 2.63. The Kier molecular flexibility index (Phi) is 27.9. The Morgan fingerprint density at radius 1 is 0.812 bits per heavy atom. The summed E-state index contributed by atoms with van der Waals surface area (Å²) in [5, 5.41) is 10.2. The van der Waals surface area contributed by atoms with Gasteiger partial charge in [0.15, 0.2) is 0 Å². The number of esters is 1. The molecule has 2 rings (SSSR count). The molecule has 0 aromatic heterocycles. The van der Waals surface area contributed by atoms with Crippen molar-refractivity contribution >= 4 is 77.9 Å². The third-order valence-corrected chi connectivity index (χ3v) is 4.60. The summed E-state index contributed by atoms with van der Waals surface area (Å²) in [6.45, 7) is 0.517. The summed E-state index contributed by atoms with van der Waals surface area (Å²) in [4.78, 5) is 21.1. The number of benzene rings is 2. The number of aliphatic hydroxyl groups is 1. The minimum atomic E-state index is -0.251. The highest BCUT2D eigenvalue weighted by molar-refractivity contribution is 9.09. The lowest BCUT2D eigenvalue weighted by molar-refractivity contribution is -0.144. The molecule has 0 bridgehead atoms. The summed E-state index contributed by atoms with van der Waals surface area (Å²) < 4.78 is 5.07. The van der Waals surface area contributed by atoms with Crippen LogP contribution in [-0.4, -0.2) is 32.3 Å². The first kappa shape index (κ1) is 33.5. The molecule has 0 saturated heterocycles. The van der Waals surface area contributed by atoms with Crippen LogP contribution in [0.3, 0.4) is 0 Å². The molecule has 1 N–H and O–H groups in total. The molecule has 32 heavy (non-hydrogen) atoms. The van der Waals surface area contributed by atoms with Crippen molar-refractivity contribution in [2.24, 2.45) is 0 Å². The molecule has 0 aliphatic rings. The van der Waals surface area contributed by atoms with Crippen LogP contribution in [0.15, 0.2) is 60.7 Å². The van der Waals surface area contributed by atoms with Crippen molar-refractivity contribution < 1.29 is 19.4 Å². The van der Waals surface area contributed by atoms with E-state index in [1.54, 1.807) is 0 Å². The lowest BCUT2D eigenvalue weighted by atomic mass is 10.2. The Labute approximate surface area is 222 Å². The van der Waals surface area contributed by atoms with Crippen LogP contribution in [0.25, 0.3) is 0 Å². The minimum Gasteiger partial charge on any atom is -0.461 e. The average Bonchev–Trinajstić information content (AvgIpc) is 2.82. The Morgan fingerprint density at radius 2 is 1.25 bits per heavy atom. The number of carbonyl (C=O) groups excluding carboxylic acids is 2. The lowest BCUT2D eigenvalue weighted by Gasteiger charge is -2.03. The van der Waals surface area contributed by atoms with E-state index < -0.39 is 0 Å². The first-order valence-corrected chi connectivity index (χ1v) is 13.4. The fraction of sp³-hybridized carbons (Fsp3) is 0.391. The van der Waals surface area contributed by atoms with Gasteiger partial charge in [0.05, 0.1) is 11.9 Å². The Morgan fingerprint density at radius 3 is 1.59 bits per heavy atom. The highest BCUT2D eigenvalue weighted by Crippen LogP contribution is 2.03. The van der Waals surface area contributed by atoms with E-state index in [-0.39, 0.29) is 23.2 Å². The standard InChI is InChI=1S/C11H13BrO2.C7H8O.C4H6BrClO.CH2Cl2/c12-8-4-7-11(13)14-9-10-5-2-1-3-6-10;8-6-7-4-2-1-3-5-7;5-3-1-2-4(6)7;2-1-3/h1-3,5-6H,4,7-9H2;1-5,8H,6H2;1-3H2;1H2. The van der Waals surface area contributed by atoms with E-state index in [4.69, 9.17) is 44.6 Å². The van der Waals surface area contributed by atoms with Gasteiger partial charge in [0.1, 0.15) is 6.61 Å². The van der Waals surface area contributed by atoms with E-state index in [0.717, 1.165) is 34.6 Å². The smallest absolute Gasteiger partial charge is 0.306 e. The molecule has 0 heterocycles. The highest BCUT2D eigenvalue weighted by Gasteiger charge is 2.01. The van der Waals surface area contributed by atoms with Crippen LogP contribution < -0.4 is 0 Å². The fourth-order valence-corrected chi connectivity index (χ4v) is 2.50. The number of ether oxygens (including phenoxy) is 1. The molecule has 0 radical (unpaired) electrons. The lowest BCUT2D eigenvalue weighted by Crippen LogP contribution is -2.04. The van der Waals surface area contributed by atoms with E-state index in [0.29, 0.717) is 19.4 Å². The van der Waals surface area contributed by atoms with Gasteiger partial charge in [-0.2, -0.15) is 0 Å². The molecule has 9 heteroatoms. The molecule has 0 saturated carbocycles. The molecule has 0 spiro atoms. The molecular formula is C23H29Br2Cl3O4. The minimum absolute atomic E-state index is 0.131. The highest BCUT2D eigenvalue weighted by atomic mass is 79.9. The summed E-state index contributed by atoms with van der Waals surface area (Å²) in [5.41, 5.74) is 1.99. The molecule has 0 amide bonds. The quantitative estimate of drug-likeness (QED) is 0.177. The molecular weight excluding hydrogens is 606 g/mol. The summed E-state index contributed by atoms with van der Waals surface area (Å²) >= 11 is 21.0. The van der Waals surface area contributed by atoms with Crippen molar-refractivity contribution in [2.75, 3.05) is 16.0 Å². The fourth-order valence-electron chi connectivity index (χ4n) is 1.81. The number of aliphatic hydroxyl groups excluding tert-OH is 1. The number of carbonyl (C=O) groups is 2. The summed E-state index contributed by atoms with van der Waals surface area (Å²) in [6, 6.07) is 19.2. The van der Waals surface area contributed by atoms with Crippen molar-refractivity contribution in [3.63, 3.8) is 0 Å². The van der Waals surface area contributed by atoms with Crippen LogP contribution in [0.5, 0.6) is 0 Å². The predicted octanol–water partition coefficient (Wildman–Crippen LogP) is 7.43. The third kappa shape index (κ3) is 25.6. The number of alkyl halides is 4. The van der Waals surface area contributed by atoms with Crippen LogP contribution in [0.2, 0.25) is 0 Å². The summed E-state index contributed by atoms with van der Waals surface area (Å²) in [5.74, 6) is -0.131. The van der Waals surface area contributed by atoms with Crippen molar-refractivity contribution in [3.05, 3.63) is 71.8 Å². The molecule has 2 aromatic rings. The van der Waals surface area contributed by atoms with Crippen molar-refractivity contribution in [1.82, 2.24) is 0 Å². The molecule has 0 atom stereocenters. The maximum atomic E-state index is 11.1. The molecule has 180 valence electrons. The number of hydrogen-bond acceptors (Lipinski definition) is 4. The van der Waals surface area contributed by atoms with Gasteiger partial charge in [-0.25, -0.2) is 0 Å². The Hall–Kier alpha value is -0.630. The van der Waals surface area contributed by atoms with Gasteiger partial charge in [-0.1, -0.05) is 92.5 Å². The maximum Gasteiger partial charge on any atom is 0.306 e. The van der Waals surface area contributed by atoms with Gasteiger partial charge in [0.25, 0.3) is 0 Å². The van der Waals surface area contributed by atoms with Crippen LogP contribution in [-0.2, 0) is 27.5 Å². The summed E-state index contributed by atoms with van der Waals surface area (Å²) in [7, 11) is 0. The molecule has 0 aliphatic heterocycles. The third-order valence-electron chi connectivity index (χ3n) is 3.29. The van der Waals surface area contributed by atoms with Crippen LogP contribution >= 0.6 is 66.7 Å². The van der Waals surface area contributed by atoms with Crippen LogP contribution in [0, 0.1) is 0 Å². The number of halogens is 5. The Bertz CT molecular complexity index is 677. The zero-order valence-electron chi connectivity index (χ0n) is 17.7. The van der Waals surface area contributed by atoms with Gasteiger partial charge in [-0.15, -0.1) is 23.2 Å². The molecule has 0 aliphatic carbocycles. The van der Waals surface area contributed by atoms with Crippen LogP contribution in [0.1, 0.15) is 36.8 Å². The van der Waals surface area contributed by atoms with Gasteiger partial charge < -0.3 is 9.84 Å². The zero-order chi connectivity index (χ0) is 24.5. The van der Waals surface area contributed by atoms with Gasteiger partial charge in [-0.3, -0.25) is 9.59 Å². The topological polar surface area (TPSA) is 63.6 Å². The van der Waals surface area contributed by atoms with Crippen molar-refractivity contribution in [2.45, 2.75) is 38.9 Å². The van der Waals surface area contributed by atoms with Gasteiger partial charge in [-0.05, 0) is 35.6 Å².